The average molecular weight is 191 g/mol. The summed E-state index contributed by atoms with van der Waals surface area (Å²) in [7, 11) is 1.85. The lowest BCUT2D eigenvalue weighted by Crippen LogP contribution is -1.99. The largest absolute Gasteiger partial charge is 0.478 e. The number of nitrogens with one attached hydrogen (secondary N) is 1. The Balaban J connectivity index is 2.57. The van der Waals surface area contributed by atoms with Crippen LogP contribution in [0.15, 0.2) is 24.5 Å². The van der Waals surface area contributed by atoms with E-state index in [1.165, 1.54) is 6.20 Å². The number of carboxylic acids is 1. The maximum Gasteiger partial charge on any atom is 0.339 e. The highest BCUT2D eigenvalue weighted by Crippen LogP contribution is 2.20. The van der Waals surface area contributed by atoms with Crippen molar-refractivity contribution in [1.29, 1.82) is 0 Å². The van der Waals surface area contributed by atoms with Gasteiger partial charge in [-0.1, -0.05) is 0 Å². The highest BCUT2D eigenvalue weighted by Gasteiger charge is 2.15. The summed E-state index contributed by atoms with van der Waals surface area (Å²) in [4.78, 5) is 10.8. The number of H-pyrrole nitrogens is 1. The van der Waals surface area contributed by atoms with Crippen molar-refractivity contribution in [3.63, 3.8) is 0 Å². The number of carboxylic acid groups (broad SMARTS) is 1. The van der Waals surface area contributed by atoms with Crippen molar-refractivity contribution >= 4 is 5.97 Å². The van der Waals surface area contributed by atoms with Gasteiger partial charge >= 0.3 is 5.97 Å². The van der Waals surface area contributed by atoms with Crippen molar-refractivity contribution in [3.8, 4) is 11.4 Å². The molecule has 0 aliphatic rings. The molecule has 0 fully saturated rings. The molecule has 2 aromatic heterocycles. The Hall–Kier alpha value is -2.04. The molecule has 0 saturated carbocycles. The molecule has 0 unspecified atom stereocenters. The van der Waals surface area contributed by atoms with Crippen LogP contribution in [0.2, 0.25) is 0 Å². The maximum atomic E-state index is 10.8. The molecule has 0 aliphatic heterocycles. The van der Waals surface area contributed by atoms with Gasteiger partial charge in [-0.05, 0) is 12.1 Å². The van der Waals surface area contributed by atoms with Crippen LogP contribution in [0.3, 0.4) is 0 Å². The second-order valence-corrected chi connectivity index (χ2v) is 2.97. The molecule has 0 radical (unpaired) electrons. The predicted molar refractivity (Wildman–Crippen MR) is 50.0 cm³/mol. The number of hydrogen-bond acceptors (Lipinski definition) is 2. The molecule has 72 valence electrons. The minimum atomic E-state index is -0.977. The number of nitrogens with zero attached hydrogens (tertiary/aromatic N) is 2. The van der Waals surface area contributed by atoms with E-state index in [9.17, 15) is 4.79 Å². The third-order valence-corrected chi connectivity index (χ3v) is 2.07. The zero-order valence-electron chi connectivity index (χ0n) is 7.56. The molecule has 5 nitrogen and oxygen atoms in total. The summed E-state index contributed by atoms with van der Waals surface area (Å²) in [5.74, 6) is -0.977. The van der Waals surface area contributed by atoms with Crippen LogP contribution in [-0.4, -0.2) is 25.8 Å². The lowest BCUT2D eigenvalue weighted by molar-refractivity contribution is 0.0698. The Bertz CT molecular complexity index is 470. The van der Waals surface area contributed by atoms with Gasteiger partial charge in [-0.15, -0.1) is 0 Å². The number of aromatic carboxylic acids is 1. The van der Waals surface area contributed by atoms with E-state index in [0.717, 1.165) is 5.69 Å². The topological polar surface area (TPSA) is 70.9 Å². The highest BCUT2D eigenvalue weighted by atomic mass is 16.4. The summed E-state index contributed by atoms with van der Waals surface area (Å²) in [6, 6.07) is 3.68. The Morgan fingerprint density at radius 2 is 2.43 bits per heavy atom. The van der Waals surface area contributed by atoms with Gasteiger partial charge < -0.3 is 9.67 Å². The summed E-state index contributed by atoms with van der Waals surface area (Å²) in [5.41, 5.74) is 1.52. The molecule has 2 N–H and O–H groups in total. The summed E-state index contributed by atoms with van der Waals surface area (Å²) in [5, 5.41) is 15.3. The van der Waals surface area contributed by atoms with E-state index in [2.05, 4.69) is 10.2 Å². The summed E-state index contributed by atoms with van der Waals surface area (Å²) >= 11 is 0. The first-order valence-electron chi connectivity index (χ1n) is 4.08. The standard InChI is InChI=1S/C9H9N3O2/c1-12-4-2-3-7(12)8-6(9(13)14)5-10-11-8/h2-5H,1H3,(H,10,11)(H,13,14). The Morgan fingerprint density at radius 3 is 3.00 bits per heavy atom. The van der Waals surface area contributed by atoms with Crippen LogP contribution in [0.25, 0.3) is 11.4 Å². The number of aryl methyl sites for hydroxylation is 1. The third kappa shape index (κ3) is 1.19. The molecule has 2 aromatic rings. The number of aromatic amines is 1. The third-order valence-electron chi connectivity index (χ3n) is 2.07. The molecule has 0 amide bonds. The fourth-order valence-electron chi connectivity index (χ4n) is 1.36. The number of aromatic nitrogens is 3. The highest BCUT2D eigenvalue weighted by molar-refractivity contribution is 5.94. The second-order valence-electron chi connectivity index (χ2n) is 2.97. The Morgan fingerprint density at radius 1 is 1.64 bits per heavy atom. The molecular weight excluding hydrogens is 182 g/mol. The van der Waals surface area contributed by atoms with Gasteiger partial charge in [0.15, 0.2) is 0 Å². The van der Waals surface area contributed by atoms with E-state index in [1.807, 2.05) is 29.9 Å². The zero-order valence-corrected chi connectivity index (χ0v) is 7.56. The van der Waals surface area contributed by atoms with E-state index in [1.54, 1.807) is 0 Å². The molecular formula is C9H9N3O2. The van der Waals surface area contributed by atoms with Crippen LogP contribution in [0, 0.1) is 0 Å². The van der Waals surface area contributed by atoms with Crippen LogP contribution < -0.4 is 0 Å². The summed E-state index contributed by atoms with van der Waals surface area (Å²) < 4.78 is 1.83. The second kappa shape index (κ2) is 3.02. The van der Waals surface area contributed by atoms with Gasteiger partial charge in [-0.3, -0.25) is 5.10 Å². The predicted octanol–water partition coefficient (Wildman–Crippen LogP) is 1.11. The van der Waals surface area contributed by atoms with E-state index < -0.39 is 5.97 Å². The van der Waals surface area contributed by atoms with Crippen LogP contribution in [0.4, 0.5) is 0 Å². The molecule has 0 spiro atoms. The monoisotopic (exact) mass is 191 g/mol. The minimum Gasteiger partial charge on any atom is -0.478 e. The number of carbonyl (C=O) groups is 1. The first-order chi connectivity index (χ1) is 6.70. The molecule has 0 aliphatic carbocycles. The fourth-order valence-corrected chi connectivity index (χ4v) is 1.36. The summed E-state index contributed by atoms with van der Waals surface area (Å²) in [6.07, 6.45) is 3.16. The van der Waals surface area contributed by atoms with Gasteiger partial charge in [-0.25, -0.2) is 4.79 Å². The Labute approximate surface area is 80.0 Å². The SMILES string of the molecule is Cn1cccc1-c1[nH]ncc1C(=O)O. The van der Waals surface area contributed by atoms with Crippen molar-refractivity contribution in [2.45, 2.75) is 0 Å². The van der Waals surface area contributed by atoms with E-state index in [4.69, 9.17) is 5.11 Å². The van der Waals surface area contributed by atoms with Crippen LogP contribution in [0.1, 0.15) is 10.4 Å². The van der Waals surface area contributed by atoms with Crippen molar-refractivity contribution in [2.75, 3.05) is 0 Å². The number of rotatable bonds is 2. The minimum absolute atomic E-state index is 0.187. The lowest BCUT2D eigenvalue weighted by atomic mass is 10.2. The van der Waals surface area contributed by atoms with E-state index in [0.29, 0.717) is 5.69 Å². The lowest BCUT2D eigenvalue weighted by Gasteiger charge is -2.00. The van der Waals surface area contributed by atoms with Gasteiger partial charge in [0.25, 0.3) is 0 Å². The molecule has 0 bridgehead atoms. The van der Waals surface area contributed by atoms with Gasteiger partial charge in [-0.2, -0.15) is 5.10 Å². The van der Waals surface area contributed by atoms with Gasteiger partial charge in [0.2, 0.25) is 0 Å². The smallest absolute Gasteiger partial charge is 0.339 e. The normalized spacial score (nSPS) is 10.4. The quantitative estimate of drug-likeness (QED) is 0.747. The first-order valence-corrected chi connectivity index (χ1v) is 4.08. The Kier molecular flexibility index (Phi) is 1.85. The van der Waals surface area contributed by atoms with E-state index >= 15 is 0 Å². The average Bonchev–Trinajstić information content (AvgIpc) is 2.70. The zero-order chi connectivity index (χ0) is 10.1. The van der Waals surface area contributed by atoms with Crippen molar-refractivity contribution < 1.29 is 9.90 Å². The maximum absolute atomic E-state index is 10.8. The van der Waals surface area contributed by atoms with Crippen molar-refractivity contribution in [3.05, 3.63) is 30.1 Å². The van der Waals surface area contributed by atoms with E-state index in [-0.39, 0.29) is 5.56 Å². The molecule has 2 rings (SSSR count). The van der Waals surface area contributed by atoms with Crippen LogP contribution >= 0.6 is 0 Å². The molecule has 2 heterocycles. The van der Waals surface area contributed by atoms with Crippen molar-refractivity contribution in [1.82, 2.24) is 14.8 Å². The number of hydrogen-bond donors (Lipinski definition) is 2. The van der Waals surface area contributed by atoms with Gasteiger partial charge in [0.05, 0.1) is 17.6 Å². The van der Waals surface area contributed by atoms with Crippen LogP contribution in [0.5, 0.6) is 0 Å². The molecule has 14 heavy (non-hydrogen) atoms. The molecule has 0 saturated heterocycles. The van der Waals surface area contributed by atoms with Gasteiger partial charge in [0.1, 0.15) is 5.56 Å². The first kappa shape index (κ1) is 8.55. The molecule has 5 heteroatoms. The molecule has 0 atom stereocenters. The van der Waals surface area contributed by atoms with Gasteiger partial charge in [0, 0.05) is 13.2 Å². The molecule has 0 aromatic carbocycles. The fraction of sp³-hybridized carbons (Fsp3) is 0.111. The van der Waals surface area contributed by atoms with Crippen molar-refractivity contribution in [2.24, 2.45) is 7.05 Å². The summed E-state index contributed by atoms with van der Waals surface area (Å²) in [6.45, 7) is 0. The van der Waals surface area contributed by atoms with Crippen LogP contribution in [-0.2, 0) is 7.05 Å².